The zero-order chi connectivity index (χ0) is 15.5. The fourth-order valence-electron chi connectivity index (χ4n) is 1.95. The number of rotatable bonds is 10. The van der Waals surface area contributed by atoms with Crippen molar-refractivity contribution in [1.82, 2.24) is 5.32 Å². The second kappa shape index (κ2) is 10.3. The highest BCUT2D eigenvalue weighted by Crippen LogP contribution is 2.34. The molecule has 5 heteroatoms. The summed E-state index contributed by atoms with van der Waals surface area (Å²) < 4.78 is 11.2. The number of ether oxygens (including phenoxy) is 2. The lowest BCUT2D eigenvalue weighted by atomic mass is 10.1. The van der Waals surface area contributed by atoms with Crippen LogP contribution < -0.4 is 14.8 Å². The lowest BCUT2D eigenvalue weighted by molar-refractivity contribution is 0.283. The summed E-state index contributed by atoms with van der Waals surface area (Å²) in [5.74, 6) is 1.39. The lowest BCUT2D eigenvalue weighted by Crippen LogP contribution is -2.15. The van der Waals surface area contributed by atoms with Crippen LogP contribution >= 0.6 is 11.6 Å². The molecule has 0 unspecified atom stereocenters. The van der Waals surface area contributed by atoms with Gasteiger partial charge in [0.15, 0.2) is 11.5 Å². The van der Waals surface area contributed by atoms with E-state index in [9.17, 15) is 0 Å². The Hall–Kier alpha value is -1.44. The van der Waals surface area contributed by atoms with Crippen molar-refractivity contribution < 1.29 is 9.47 Å². The van der Waals surface area contributed by atoms with Crippen LogP contribution in [0.3, 0.4) is 0 Å². The van der Waals surface area contributed by atoms with Gasteiger partial charge in [-0.05, 0) is 31.9 Å². The molecule has 0 heterocycles. The molecule has 0 aliphatic carbocycles. The number of nitrogens with one attached hydrogen (secondary N) is 1. The van der Waals surface area contributed by atoms with Crippen LogP contribution in [0.2, 0.25) is 5.02 Å². The van der Waals surface area contributed by atoms with E-state index in [2.05, 4.69) is 18.3 Å². The van der Waals surface area contributed by atoms with Gasteiger partial charge in [-0.1, -0.05) is 18.5 Å². The third kappa shape index (κ3) is 6.24. The minimum atomic E-state index is 0.562. The molecule has 0 radical (unpaired) electrons. The lowest BCUT2D eigenvalue weighted by Gasteiger charge is -2.16. The molecule has 0 fully saturated rings. The second-order valence-electron chi connectivity index (χ2n) is 4.74. The summed E-state index contributed by atoms with van der Waals surface area (Å²) in [6, 6.07) is 5.79. The van der Waals surface area contributed by atoms with Crippen LogP contribution in [0.1, 0.15) is 38.2 Å². The number of nitriles is 1. The highest BCUT2D eigenvalue weighted by Gasteiger charge is 2.12. The molecule has 0 aromatic heterocycles. The molecule has 116 valence electrons. The maximum absolute atomic E-state index is 8.53. The number of methoxy groups -OCH3 is 1. The molecule has 0 aliphatic heterocycles. The Labute approximate surface area is 132 Å². The standard InChI is InChI=1S/C16H23ClN2O2/c1-3-8-19-12-13-10-14(17)11-15(20-2)16(13)21-9-6-4-5-7-18/h10-11,19H,3-6,8-9,12H2,1-2H3. The van der Waals surface area contributed by atoms with E-state index in [1.54, 1.807) is 13.2 Å². The van der Waals surface area contributed by atoms with Gasteiger partial charge in [-0.15, -0.1) is 0 Å². The molecule has 0 spiro atoms. The average molecular weight is 311 g/mol. The summed E-state index contributed by atoms with van der Waals surface area (Å²) in [5, 5.41) is 12.5. The SMILES string of the molecule is CCCNCc1cc(Cl)cc(OC)c1OCCCCC#N. The van der Waals surface area contributed by atoms with Gasteiger partial charge in [0.2, 0.25) is 0 Å². The molecule has 0 saturated heterocycles. The Morgan fingerprint density at radius 3 is 2.81 bits per heavy atom. The maximum atomic E-state index is 8.53. The first-order chi connectivity index (χ1) is 10.2. The molecule has 0 atom stereocenters. The van der Waals surface area contributed by atoms with Crippen molar-refractivity contribution in [2.45, 2.75) is 39.2 Å². The second-order valence-corrected chi connectivity index (χ2v) is 5.17. The molecule has 4 nitrogen and oxygen atoms in total. The van der Waals surface area contributed by atoms with Crippen LogP contribution in [0.4, 0.5) is 0 Å². The Morgan fingerprint density at radius 2 is 2.14 bits per heavy atom. The predicted molar refractivity (Wildman–Crippen MR) is 85.0 cm³/mol. The molecule has 1 N–H and O–H groups in total. The Morgan fingerprint density at radius 1 is 1.33 bits per heavy atom. The first-order valence-corrected chi connectivity index (χ1v) is 7.67. The number of hydrogen-bond acceptors (Lipinski definition) is 4. The van der Waals surface area contributed by atoms with Gasteiger partial charge in [-0.25, -0.2) is 0 Å². The van der Waals surface area contributed by atoms with Crippen LogP contribution in [0.15, 0.2) is 12.1 Å². The summed E-state index contributed by atoms with van der Waals surface area (Å²) >= 11 is 6.12. The first kappa shape index (κ1) is 17.6. The van der Waals surface area contributed by atoms with E-state index in [1.165, 1.54) is 0 Å². The number of unbranched alkanes of at least 4 members (excludes halogenated alkanes) is 2. The summed E-state index contributed by atoms with van der Waals surface area (Å²) in [4.78, 5) is 0. The molecule has 0 amide bonds. The molecule has 0 saturated carbocycles. The van der Waals surface area contributed by atoms with E-state index in [0.717, 1.165) is 37.1 Å². The van der Waals surface area contributed by atoms with Crippen molar-refractivity contribution >= 4 is 11.6 Å². The molecule has 0 bridgehead atoms. The Bertz CT molecular complexity index is 472. The predicted octanol–water partition coefficient (Wildman–Crippen LogP) is 3.92. The van der Waals surface area contributed by atoms with Crippen molar-refractivity contribution in [1.29, 1.82) is 5.26 Å². The molecule has 21 heavy (non-hydrogen) atoms. The Balaban J connectivity index is 2.74. The summed E-state index contributed by atoms with van der Waals surface area (Å²) in [6.45, 7) is 4.33. The zero-order valence-electron chi connectivity index (χ0n) is 12.7. The van der Waals surface area contributed by atoms with Gasteiger partial charge in [0.05, 0.1) is 19.8 Å². The highest BCUT2D eigenvalue weighted by atomic mass is 35.5. The topological polar surface area (TPSA) is 54.3 Å². The van der Waals surface area contributed by atoms with Crippen LogP contribution in [0.25, 0.3) is 0 Å². The molecular formula is C16H23ClN2O2. The fraction of sp³-hybridized carbons (Fsp3) is 0.562. The highest BCUT2D eigenvalue weighted by molar-refractivity contribution is 6.30. The summed E-state index contributed by atoms with van der Waals surface area (Å²) in [6.07, 6.45) is 3.32. The first-order valence-electron chi connectivity index (χ1n) is 7.29. The Kier molecular flexibility index (Phi) is 8.65. The van der Waals surface area contributed by atoms with Crippen molar-refractivity contribution in [3.8, 4) is 17.6 Å². The van der Waals surface area contributed by atoms with E-state index in [-0.39, 0.29) is 0 Å². The third-order valence-corrected chi connectivity index (χ3v) is 3.21. The molecule has 0 aliphatic rings. The fourth-order valence-corrected chi connectivity index (χ4v) is 2.18. The van der Waals surface area contributed by atoms with Crippen molar-refractivity contribution in [2.24, 2.45) is 0 Å². The van der Waals surface area contributed by atoms with Gasteiger partial charge in [0.1, 0.15) is 0 Å². The molecule has 1 rings (SSSR count). The minimum absolute atomic E-state index is 0.562. The quantitative estimate of drug-likeness (QED) is 0.665. The zero-order valence-corrected chi connectivity index (χ0v) is 13.5. The third-order valence-electron chi connectivity index (χ3n) is 2.99. The van der Waals surface area contributed by atoms with Crippen molar-refractivity contribution in [2.75, 3.05) is 20.3 Å². The maximum Gasteiger partial charge on any atom is 0.165 e. The van der Waals surface area contributed by atoms with Gasteiger partial charge in [-0.2, -0.15) is 5.26 Å². The summed E-state index contributed by atoms with van der Waals surface area (Å²) in [7, 11) is 1.61. The van der Waals surface area contributed by atoms with Crippen LogP contribution in [-0.2, 0) is 6.54 Å². The molecule has 1 aromatic carbocycles. The van der Waals surface area contributed by atoms with Gasteiger partial charge in [0, 0.05) is 29.6 Å². The molecule has 1 aromatic rings. The smallest absolute Gasteiger partial charge is 0.165 e. The van der Waals surface area contributed by atoms with E-state index in [0.29, 0.717) is 30.3 Å². The van der Waals surface area contributed by atoms with Crippen LogP contribution in [0.5, 0.6) is 11.5 Å². The van der Waals surface area contributed by atoms with Gasteiger partial charge in [-0.3, -0.25) is 0 Å². The van der Waals surface area contributed by atoms with E-state index >= 15 is 0 Å². The number of halogens is 1. The van der Waals surface area contributed by atoms with Crippen LogP contribution in [-0.4, -0.2) is 20.3 Å². The average Bonchev–Trinajstić information content (AvgIpc) is 2.48. The normalized spacial score (nSPS) is 10.2. The molecular weight excluding hydrogens is 288 g/mol. The van der Waals surface area contributed by atoms with Crippen LogP contribution in [0, 0.1) is 11.3 Å². The number of benzene rings is 1. The van der Waals surface area contributed by atoms with E-state index < -0.39 is 0 Å². The van der Waals surface area contributed by atoms with Gasteiger partial charge >= 0.3 is 0 Å². The van der Waals surface area contributed by atoms with Gasteiger partial charge < -0.3 is 14.8 Å². The van der Waals surface area contributed by atoms with E-state index in [4.69, 9.17) is 26.3 Å². The van der Waals surface area contributed by atoms with Crippen molar-refractivity contribution in [3.63, 3.8) is 0 Å². The number of nitrogens with zero attached hydrogens (tertiary/aromatic N) is 1. The monoisotopic (exact) mass is 310 g/mol. The van der Waals surface area contributed by atoms with Gasteiger partial charge in [0.25, 0.3) is 0 Å². The number of hydrogen-bond donors (Lipinski definition) is 1. The largest absolute Gasteiger partial charge is 0.493 e. The van der Waals surface area contributed by atoms with E-state index in [1.807, 2.05) is 6.07 Å². The summed E-state index contributed by atoms with van der Waals surface area (Å²) in [5.41, 5.74) is 0.994. The van der Waals surface area contributed by atoms with Crippen molar-refractivity contribution in [3.05, 3.63) is 22.7 Å². The minimum Gasteiger partial charge on any atom is -0.493 e.